The zero-order chi connectivity index (χ0) is 14.9. The molecule has 3 atom stereocenters. The molecule has 0 aliphatic heterocycles. The van der Waals surface area contributed by atoms with Gasteiger partial charge in [-0.3, -0.25) is 4.79 Å². The highest BCUT2D eigenvalue weighted by Gasteiger charge is 2.31. The lowest BCUT2D eigenvalue weighted by Crippen LogP contribution is -2.38. The summed E-state index contributed by atoms with van der Waals surface area (Å²) >= 11 is 6.68. The van der Waals surface area contributed by atoms with Gasteiger partial charge in [0.1, 0.15) is 4.21 Å². The Kier molecular flexibility index (Phi) is 4.76. The Morgan fingerprint density at radius 3 is 2.55 bits per heavy atom. The summed E-state index contributed by atoms with van der Waals surface area (Å²) in [5.74, 6) is 0.421. The molecule has 0 saturated heterocycles. The van der Waals surface area contributed by atoms with Crippen LogP contribution in [0, 0.1) is 17.8 Å². The van der Waals surface area contributed by atoms with Gasteiger partial charge in [-0.25, -0.2) is 13.1 Å². The van der Waals surface area contributed by atoms with Crippen LogP contribution in [0.1, 0.15) is 33.1 Å². The molecular formula is C13H18ClNO3S2. The number of sulfonamides is 1. The molecule has 1 amide bonds. The molecule has 1 aliphatic carbocycles. The number of hydrogen-bond acceptors (Lipinski definition) is 4. The fraction of sp³-hybridized carbons (Fsp3) is 0.615. The van der Waals surface area contributed by atoms with Crippen LogP contribution in [-0.4, -0.2) is 14.3 Å². The van der Waals surface area contributed by atoms with E-state index in [4.69, 9.17) is 11.6 Å². The van der Waals surface area contributed by atoms with Gasteiger partial charge in [0.25, 0.3) is 10.0 Å². The van der Waals surface area contributed by atoms with Crippen molar-refractivity contribution in [1.82, 2.24) is 4.72 Å². The van der Waals surface area contributed by atoms with Gasteiger partial charge in [0.05, 0.1) is 4.34 Å². The van der Waals surface area contributed by atoms with Crippen molar-refractivity contribution in [2.75, 3.05) is 0 Å². The van der Waals surface area contributed by atoms with Gasteiger partial charge in [0, 0.05) is 5.92 Å². The van der Waals surface area contributed by atoms with E-state index in [1.54, 1.807) is 0 Å². The Morgan fingerprint density at radius 1 is 1.30 bits per heavy atom. The number of hydrogen-bond donors (Lipinski definition) is 1. The van der Waals surface area contributed by atoms with Gasteiger partial charge < -0.3 is 0 Å². The minimum absolute atomic E-state index is 0.0769. The lowest BCUT2D eigenvalue weighted by Gasteiger charge is -2.30. The predicted octanol–water partition coefficient (Wildman–Crippen LogP) is 3.28. The van der Waals surface area contributed by atoms with E-state index in [-0.39, 0.29) is 10.1 Å². The molecule has 4 nitrogen and oxygen atoms in total. The summed E-state index contributed by atoms with van der Waals surface area (Å²) < 4.78 is 26.8. The molecule has 0 radical (unpaired) electrons. The van der Waals surface area contributed by atoms with E-state index in [1.807, 2.05) is 0 Å². The van der Waals surface area contributed by atoms with Crippen LogP contribution in [0.5, 0.6) is 0 Å². The Labute approximate surface area is 128 Å². The number of nitrogens with one attached hydrogen (secondary N) is 1. The van der Waals surface area contributed by atoms with Crippen molar-refractivity contribution in [3.8, 4) is 0 Å². The Bertz CT molecular complexity index is 597. The van der Waals surface area contributed by atoms with Crippen molar-refractivity contribution in [1.29, 1.82) is 0 Å². The zero-order valence-electron chi connectivity index (χ0n) is 11.4. The minimum atomic E-state index is -3.78. The molecule has 20 heavy (non-hydrogen) atoms. The van der Waals surface area contributed by atoms with Gasteiger partial charge in [-0.05, 0) is 43.2 Å². The van der Waals surface area contributed by atoms with E-state index in [0.29, 0.717) is 16.2 Å². The van der Waals surface area contributed by atoms with Crippen molar-refractivity contribution < 1.29 is 13.2 Å². The fourth-order valence-corrected chi connectivity index (χ4v) is 5.02. The highest BCUT2D eigenvalue weighted by Crippen LogP contribution is 2.33. The third-order valence-electron chi connectivity index (χ3n) is 4.02. The molecule has 1 aromatic rings. The van der Waals surface area contributed by atoms with Crippen molar-refractivity contribution in [3.63, 3.8) is 0 Å². The summed E-state index contributed by atoms with van der Waals surface area (Å²) in [4.78, 5) is 12.1. The highest BCUT2D eigenvalue weighted by molar-refractivity contribution is 7.92. The first-order chi connectivity index (χ1) is 9.29. The van der Waals surface area contributed by atoms with E-state index >= 15 is 0 Å². The standard InChI is InChI=1S/C13H18ClNO3S2/c1-8-3-4-10(7-9(8)2)13(16)15-20(17,18)12-6-5-11(14)19-12/h5-6,8-10H,3-4,7H2,1-2H3,(H,15,16). The quantitative estimate of drug-likeness (QED) is 0.922. The largest absolute Gasteiger partial charge is 0.274 e. The average Bonchev–Trinajstić information content (AvgIpc) is 2.79. The third kappa shape index (κ3) is 3.54. The Balaban J connectivity index is 2.04. The van der Waals surface area contributed by atoms with Crippen molar-refractivity contribution >= 4 is 38.9 Å². The SMILES string of the molecule is CC1CCC(C(=O)NS(=O)(=O)c2ccc(Cl)s2)CC1C. The summed E-state index contributed by atoms with van der Waals surface area (Å²) in [5, 5.41) is 0. The molecule has 0 aromatic carbocycles. The molecule has 1 fully saturated rings. The Hall–Kier alpha value is -0.590. The van der Waals surface area contributed by atoms with Crippen LogP contribution >= 0.6 is 22.9 Å². The topological polar surface area (TPSA) is 63.2 Å². The van der Waals surface area contributed by atoms with Crippen LogP contribution in [0.4, 0.5) is 0 Å². The van der Waals surface area contributed by atoms with E-state index in [1.165, 1.54) is 12.1 Å². The van der Waals surface area contributed by atoms with Gasteiger partial charge in [-0.2, -0.15) is 0 Å². The summed E-state index contributed by atoms with van der Waals surface area (Å²) in [6, 6.07) is 2.92. The number of carbonyl (C=O) groups is 1. The molecule has 1 aromatic heterocycles. The molecule has 1 N–H and O–H groups in total. The number of rotatable bonds is 3. The lowest BCUT2D eigenvalue weighted by atomic mass is 9.76. The molecule has 1 aliphatic rings. The zero-order valence-corrected chi connectivity index (χ0v) is 13.8. The second-order valence-electron chi connectivity index (χ2n) is 5.49. The monoisotopic (exact) mass is 335 g/mol. The smallest absolute Gasteiger partial charge is 0.273 e. The van der Waals surface area contributed by atoms with Crippen LogP contribution in [0.3, 0.4) is 0 Å². The maximum Gasteiger partial charge on any atom is 0.273 e. The van der Waals surface area contributed by atoms with Gasteiger partial charge in [0.15, 0.2) is 0 Å². The van der Waals surface area contributed by atoms with Crippen LogP contribution in [0.15, 0.2) is 16.3 Å². The van der Waals surface area contributed by atoms with E-state index in [9.17, 15) is 13.2 Å². The molecule has 1 saturated carbocycles. The minimum Gasteiger partial charge on any atom is -0.274 e. The second-order valence-corrected chi connectivity index (χ2v) is 9.12. The molecule has 0 bridgehead atoms. The second kappa shape index (κ2) is 6.03. The Morgan fingerprint density at radius 2 is 2.00 bits per heavy atom. The highest BCUT2D eigenvalue weighted by atomic mass is 35.5. The average molecular weight is 336 g/mol. The molecule has 3 unspecified atom stereocenters. The predicted molar refractivity (Wildman–Crippen MR) is 80.3 cm³/mol. The molecular weight excluding hydrogens is 318 g/mol. The van der Waals surface area contributed by atoms with Crippen LogP contribution in [0.25, 0.3) is 0 Å². The van der Waals surface area contributed by atoms with Crippen LogP contribution in [0.2, 0.25) is 4.34 Å². The van der Waals surface area contributed by atoms with E-state index in [0.717, 1.165) is 30.6 Å². The third-order valence-corrected chi connectivity index (χ3v) is 7.09. The van der Waals surface area contributed by atoms with E-state index in [2.05, 4.69) is 18.6 Å². The van der Waals surface area contributed by atoms with Gasteiger partial charge in [-0.1, -0.05) is 25.4 Å². The summed E-state index contributed by atoms with van der Waals surface area (Å²) in [7, 11) is -3.78. The molecule has 1 heterocycles. The van der Waals surface area contributed by atoms with Gasteiger partial charge in [0.2, 0.25) is 5.91 Å². The molecule has 7 heteroatoms. The normalized spacial score (nSPS) is 27.2. The lowest BCUT2D eigenvalue weighted by molar-refractivity contribution is -0.124. The number of thiophene rings is 1. The first-order valence-electron chi connectivity index (χ1n) is 6.61. The summed E-state index contributed by atoms with van der Waals surface area (Å²) in [6.07, 6.45) is 2.45. The van der Waals surface area contributed by atoms with Gasteiger partial charge >= 0.3 is 0 Å². The number of amides is 1. The molecule has 112 valence electrons. The number of carbonyl (C=O) groups excluding carboxylic acids is 1. The fourth-order valence-electron chi connectivity index (χ4n) is 2.49. The maximum absolute atomic E-state index is 12.1. The van der Waals surface area contributed by atoms with Crippen LogP contribution < -0.4 is 4.72 Å². The summed E-state index contributed by atoms with van der Waals surface area (Å²) in [5.41, 5.74) is 0. The number of halogens is 1. The molecule has 2 rings (SSSR count). The van der Waals surface area contributed by atoms with Crippen molar-refractivity contribution in [3.05, 3.63) is 16.5 Å². The maximum atomic E-state index is 12.1. The van der Waals surface area contributed by atoms with Crippen LogP contribution in [-0.2, 0) is 14.8 Å². The molecule has 0 spiro atoms. The van der Waals surface area contributed by atoms with Crippen molar-refractivity contribution in [2.45, 2.75) is 37.3 Å². The first-order valence-corrected chi connectivity index (χ1v) is 9.29. The van der Waals surface area contributed by atoms with Gasteiger partial charge in [-0.15, -0.1) is 11.3 Å². The van der Waals surface area contributed by atoms with E-state index < -0.39 is 15.9 Å². The summed E-state index contributed by atoms with van der Waals surface area (Å²) in [6.45, 7) is 4.28. The first kappa shape index (κ1) is 15.8. The van der Waals surface area contributed by atoms with Crippen molar-refractivity contribution in [2.24, 2.45) is 17.8 Å².